The van der Waals surface area contributed by atoms with Gasteiger partial charge >= 0.3 is 0 Å². The predicted molar refractivity (Wildman–Crippen MR) is 59.0 cm³/mol. The van der Waals surface area contributed by atoms with Gasteiger partial charge in [-0.05, 0) is 32.7 Å². The lowest BCUT2D eigenvalue weighted by molar-refractivity contribution is 0.122. The summed E-state index contributed by atoms with van der Waals surface area (Å²) in [7, 11) is 2.17. The Labute approximate surface area is 91.4 Å². The third-order valence-electron chi connectivity index (χ3n) is 3.90. The van der Waals surface area contributed by atoms with E-state index in [1.807, 2.05) is 0 Å². The minimum atomic E-state index is -0.370. The molecule has 2 rings (SSSR count). The van der Waals surface area contributed by atoms with Gasteiger partial charge in [0.25, 0.3) is 0 Å². The standard InChI is InChI=1S/C12H17N3/c1-3-6-14-12(9-13)7-10-4-5-11(8-12)15(10)2/h1,10-11,14H,4-8H2,2H3. The molecular formula is C12H17N3. The number of nitrogens with zero attached hydrogens (tertiary/aromatic N) is 2. The van der Waals surface area contributed by atoms with E-state index in [0.717, 1.165) is 12.8 Å². The van der Waals surface area contributed by atoms with Crippen molar-refractivity contribution in [1.29, 1.82) is 5.26 Å². The first-order chi connectivity index (χ1) is 7.21. The molecule has 0 aromatic carbocycles. The summed E-state index contributed by atoms with van der Waals surface area (Å²) in [6.45, 7) is 0.497. The molecule has 2 saturated heterocycles. The van der Waals surface area contributed by atoms with E-state index in [0.29, 0.717) is 18.6 Å². The van der Waals surface area contributed by atoms with Gasteiger partial charge in [-0.3, -0.25) is 5.32 Å². The summed E-state index contributed by atoms with van der Waals surface area (Å²) in [5.74, 6) is 2.56. The van der Waals surface area contributed by atoms with E-state index >= 15 is 0 Å². The van der Waals surface area contributed by atoms with Crippen LogP contribution in [-0.2, 0) is 0 Å². The molecule has 2 atom stereocenters. The quantitative estimate of drug-likeness (QED) is 0.672. The minimum Gasteiger partial charge on any atom is -0.300 e. The van der Waals surface area contributed by atoms with Gasteiger partial charge in [-0.1, -0.05) is 5.92 Å². The number of hydrogen-bond donors (Lipinski definition) is 1. The van der Waals surface area contributed by atoms with Crippen molar-refractivity contribution < 1.29 is 0 Å². The molecule has 3 nitrogen and oxygen atoms in total. The Balaban J connectivity index is 2.11. The van der Waals surface area contributed by atoms with E-state index in [4.69, 9.17) is 6.42 Å². The van der Waals surface area contributed by atoms with Crippen LogP contribution in [0.15, 0.2) is 0 Å². The average molecular weight is 203 g/mol. The van der Waals surface area contributed by atoms with Crippen LogP contribution in [0, 0.1) is 23.7 Å². The second kappa shape index (κ2) is 3.85. The van der Waals surface area contributed by atoms with Crippen LogP contribution >= 0.6 is 0 Å². The molecule has 15 heavy (non-hydrogen) atoms. The van der Waals surface area contributed by atoms with Crippen molar-refractivity contribution in [2.45, 2.75) is 43.3 Å². The number of terminal acetylenes is 1. The zero-order chi connectivity index (χ0) is 10.9. The SMILES string of the molecule is C#CCNC1(C#N)CC2CCC(C1)N2C. The Hall–Kier alpha value is -1.03. The lowest BCUT2D eigenvalue weighted by Crippen LogP contribution is -2.56. The van der Waals surface area contributed by atoms with Crippen molar-refractivity contribution in [2.75, 3.05) is 13.6 Å². The molecule has 2 aliphatic heterocycles. The topological polar surface area (TPSA) is 39.1 Å². The highest BCUT2D eigenvalue weighted by molar-refractivity contribution is 5.16. The Morgan fingerprint density at radius 2 is 2.07 bits per heavy atom. The van der Waals surface area contributed by atoms with Crippen molar-refractivity contribution in [3.63, 3.8) is 0 Å². The van der Waals surface area contributed by atoms with Crippen LogP contribution in [0.1, 0.15) is 25.7 Å². The highest BCUT2D eigenvalue weighted by atomic mass is 15.2. The second-order valence-electron chi connectivity index (χ2n) is 4.71. The van der Waals surface area contributed by atoms with Gasteiger partial charge in [0.1, 0.15) is 5.54 Å². The van der Waals surface area contributed by atoms with Crippen molar-refractivity contribution in [3.05, 3.63) is 0 Å². The first-order valence-electron chi connectivity index (χ1n) is 5.52. The third kappa shape index (κ3) is 1.74. The van der Waals surface area contributed by atoms with Gasteiger partial charge in [-0.2, -0.15) is 5.26 Å². The smallest absolute Gasteiger partial charge is 0.110 e. The first kappa shape index (κ1) is 10.5. The fraction of sp³-hybridized carbons (Fsp3) is 0.750. The number of fused-ring (bicyclic) bond motifs is 2. The van der Waals surface area contributed by atoms with Gasteiger partial charge < -0.3 is 4.90 Å². The van der Waals surface area contributed by atoms with Crippen LogP contribution in [0.2, 0.25) is 0 Å². The zero-order valence-electron chi connectivity index (χ0n) is 9.16. The van der Waals surface area contributed by atoms with E-state index in [-0.39, 0.29) is 5.54 Å². The van der Waals surface area contributed by atoms with E-state index < -0.39 is 0 Å². The molecule has 0 aliphatic carbocycles. The summed E-state index contributed by atoms with van der Waals surface area (Å²) >= 11 is 0. The van der Waals surface area contributed by atoms with Gasteiger partial charge in [0.15, 0.2) is 0 Å². The van der Waals surface area contributed by atoms with Gasteiger partial charge in [0, 0.05) is 12.1 Å². The predicted octanol–water partition coefficient (Wildman–Crippen LogP) is 0.728. The maximum Gasteiger partial charge on any atom is 0.110 e. The molecule has 2 heterocycles. The summed E-state index contributed by atoms with van der Waals surface area (Å²) in [6.07, 6.45) is 9.52. The fourth-order valence-electron chi connectivity index (χ4n) is 2.97. The molecule has 2 bridgehead atoms. The zero-order valence-corrected chi connectivity index (χ0v) is 9.16. The van der Waals surface area contributed by atoms with Crippen LogP contribution in [0.4, 0.5) is 0 Å². The maximum atomic E-state index is 9.32. The molecule has 80 valence electrons. The van der Waals surface area contributed by atoms with Crippen LogP contribution in [0.3, 0.4) is 0 Å². The number of rotatable bonds is 2. The van der Waals surface area contributed by atoms with Crippen LogP contribution < -0.4 is 5.32 Å². The van der Waals surface area contributed by atoms with Crippen molar-refractivity contribution in [1.82, 2.24) is 10.2 Å². The number of piperidine rings is 1. The van der Waals surface area contributed by atoms with E-state index in [9.17, 15) is 5.26 Å². The largest absolute Gasteiger partial charge is 0.300 e. The highest BCUT2D eigenvalue weighted by Crippen LogP contribution is 2.39. The number of hydrogen-bond acceptors (Lipinski definition) is 3. The van der Waals surface area contributed by atoms with Gasteiger partial charge in [0.05, 0.1) is 12.6 Å². The molecule has 1 N–H and O–H groups in total. The molecule has 3 heteroatoms. The van der Waals surface area contributed by atoms with Crippen molar-refractivity contribution in [3.8, 4) is 18.4 Å². The summed E-state index contributed by atoms with van der Waals surface area (Å²) in [5.41, 5.74) is -0.370. The van der Waals surface area contributed by atoms with E-state index in [1.54, 1.807) is 0 Å². The van der Waals surface area contributed by atoms with Crippen molar-refractivity contribution in [2.24, 2.45) is 0 Å². The molecule has 0 aromatic rings. The molecule has 2 unspecified atom stereocenters. The van der Waals surface area contributed by atoms with Gasteiger partial charge in [-0.15, -0.1) is 6.42 Å². The Bertz CT molecular complexity index is 309. The van der Waals surface area contributed by atoms with Gasteiger partial charge in [-0.25, -0.2) is 0 Å². The van der Waals surface area contributed by atoms with Crippen LogP contribution in [0.5, 0.6) is 0 Å². The highest BCUT2D eigenvalue weighted by Gasteiger charge is 2.46. The average Bonchev–Trinajstić information content (AvgIpc) is 2.51. The third-order valence-corrected chi connectivity index (χ3v) is 3.90. The lowest BCUT2D eigenvalue weighted by Gasteiger charge is -2.41. The molecular weight excluding hydrogens is 186 g/mol. The molecule has 0 spiro atoms. The minimum absolute atomic E-state index is 0.370. The Morgan fingerprint density at radius 1 is 1.47 bits per heavy atom. The number of nitriles is 1. The molecule has 0 radical (unpaired) electrons. The molecule has 2 fully saturated rings. The van der Waals surface area contributed by atoms with Crippen LogP contribution in [-0.4, -0.2) is 36.1 Å². The summed E-state index contributed by atoms with van der Waals surface area (Å²) < 4.78 is 0. The van der Waals surface area contributed by atoms with Crippen LogP contribution in [0.25, 0.3) is 0 Å². The molecule has 0 saturated carbocycles. The first-order valence-corrected chi connectivity index (χ1v) is 5.52. The monoisotopic (exact) mass is 203 g/mol. The lowest BCUT2D eigenvalue weighted by atomic mass is 9.84. The molecule has 0 aromatic heterocycles. The normalized spacial score (nSPS) is 39.7. The summed E-state index contributed by atoms with van der Waals surface area (Å²) in [4.78, 5) is 2.42. The Kier molecular flexibility index (Phi) is 2.69. The molecule has 0 amide bonds. The summed E-state index contributed by atoms with van der Waals surface area (Å²) in [5, 5.41) is 12.6. The number of nitrogens with one attached hydrogen (secondary N) is 1. The van der Waals surface area contributed by atoms with E-state index in [1.165, 1.54) is 12.8 Å². The van der Waals surface area contributed by atoms with E-state index in [2.05, 4.69) is 29.3 Å². The van der Waals surface area contributed by atoms with Crippen molar-refractivity contribution >= 4 is 0 Å². The Morgan fingerprint density at radius 3 is 2.53 bits per heavy atom. The van der Waals surface area contributed by atoms with Gasteiger partial charge in [0.2, 0.25) is 0 Å². The fourth-order valence-corrected chi connectivity index (χ4v) is 2.97. The maximum absolute atomic E-state index is 9.32. The molecule has 2 aliphatic rings. The summed E-state index contributed by atoms with van der Waals surface area (Å²) in [6, 6.07) is 3.57. The second-order valence-corrected chi connectivity index (χ2v) is 4.71.